The Bertz CT molecular complexity index is 1150. The molecule has 1 unspecified atom stereocenters. The first-order valence-corrected chi connectivity index (χ1v) is 14.4. The van der Waals surface area contributed by atoms with Crippen molar-refractivity contribution in [3.8, 4) is 11.5 Å². The number of sulfonamides is 1. The van der Waals surface area contributed by atoms with Gasteiger partial charge in [-0.1, -0.05) is 26.7 Å². The highest BCUT2D eigenvalue weighted by Gasteiger charge is 2.40. The number of benzene rings is 2. The number of carbonyl (C=O) groups excluding carboxylic acids is 2. The third-order valence-electron chi connectivity index (χ3n) is 6.03. The summed E-state index contributed by atoms with van der Waals surface area (Å²) in [7, 11) is -3.53. The van der Waals surface area contributed by atoms with E-state index in [-0.39, 0.29) is 5.75 Å². The molecule has 0 spiro atoms. The lowest BCUT2D eigenvalue weighted by Crippen LogP contribution is -2.31. The third kappa shape index (κ3) is 7.07. The molecule has 0 radical (unpaired) electrons. The molecular formula is C27H36N2O6S. The van der Waals surface area contributed by atoms with E-state index in [0.29, 0.717) is 42.1 Å². The van der Waals surface area contributed by atoms with Gasteiger partial charge in [0.15, 0.2) is 5.78 Å². The Kier molecular flexibility index (Phi) is 9.89. The molecule has 196 valence electrons. The number of carbonyl (C=O) groups is 2. The van der Waals surface area contributed by atoms with E-state index in [1.54, 1.807) is 42.5 Å². The van der Waals surface area contributed by atoms with E-state index in [1.165, 1.54) is 4.31 Å². The molecule has 0 amide bonds. The second-order valence-electron chi connectivity index (χ2n) is 8.96. The summed E-state index contributed by atoms with van der Waals surface area (Å²) in [6.07, 6.45) is 5.86. The van der Waals surface area contributed by atoms with Crippen LogP contribution in [0.3, 0.4) is 0 Å². The van der Waals surface area contributed by atoms with Crippen molar-refractivity contribution in [2.24, 2.45) is 0 Å². The molecule has 0 fully saturated rings. The second-order valence-corrected chi connectivity index (χ2v) is 10.9. The average molecular weight is 517 g/mol. The zero-order valence-corrected chi connectivity index (χ0v) is 22.1. The first kappa shape index (κ1) is 27.7. The number of ketones is 1. The standard InChI is InChI=1S/C27H36N2O6S/c1-4-6-15-28-16-8-18-34-22-12-9-20(10-13-22)26(30)25-23-19-21(11-14-24(23)35-27(25)31)29(17-7-5-2)36(3,32)33/h9-14,19,25,28H,4-8,15-18H2,1-3H3. The summed E-state index contributed by atoms with van der Waals surface area (Å²) in [4.78, 5) is 25.9. The zero-order valence-electron chi connectivity index (χ0n) is 21.3. The van der Waals surface area contributed by atoms with Gasteiger partial charge in [0.25, 0.3) is 0 Å². The number of nitrogens with one attached hydrogen (secondary N) is 1. The first-order chi connectivity index (χ1) is 17.3. The Morgan fingerprint density at radius 3 is 2.39 bits per heavy atom. The van der Waals surface area contributed by atoms with Gasteiger partial charge in [0, 0.05) is 17.7 Å². The Balaban J connectivity index is 1.70. The maximum atomic E-state index is 13.3. The van der Waals surface area contributed by atoms with Gasteiger partial charge in [-0.25, -0.2) is 8.42 Å². The van der Waals surface area contributed by atoms with Gasteiger partial charge in [-0.2, -0.15) is 0 Å². The van der Waals surface area contributed by atoms with E-state index in [4.69, 9.17) is 9.47 Å². The van der Waals surface area contributed by atoms with E-state index >= 15 is 0 Å². The molecular weight excluding hydrogens is 480 g/mol. The van der Waals surface area contributed by atoms with Crippen LogP contribution >= 0.6 is 0 Å². The monoisotopic (exact) mass is 516 g/mol. The minimum absolute atomic E-state index is 0.276. The van der Waals surface area contributed by atoms with Gasteiger partial charge in [0.05, 0.1) is 18.6 Å². The zero-order chi connectivity index (χ0) is 26.1. The number of ether oxygens (including phenoxy) is 2. The number of esters is 1. The predicted molar refractivity (Wildman–Crippen MR) is 141 cm³/mol. The summed E-state index contributed by atoms with van der Waals surface area (Å²) in [5.41, 5.74) is 1.15. The van der Waals surface area contributed by atoms with Crippen LogP contribution < -0.4 is 19.1 Å². The molecule has 3 rings (SSSR count). The number of anilines is 1. The smallest absolute Gasteiger partial charge is 0.326 e. The molecule has 0 saturated heterocycles. The van der Waals surface area contributed by atoms with Crippen LogP contribution in [-0.2, 0) is 14.8 Å². The van der Waals surface area contributed by atoms with Gasteiger partial charge in [-0.3, -0.25) is 13.9 Å². The third-order valence-corrected chi connectivity index (χ3v) is 7.22. The minimum atomic E-state index is -3.53. The molecule has 2 aromatic rings. The lowest BCUT2D eigenvalue weighted by atomic mass is 9.91. The van der Waals surface area contributed by atoms with Crippen LogP contribution in [0, 0.1) is 0 Å². The highest BCUT2D eigenvalue weighted by molar-refractivity contribution is 7.92. The van der Waals surface area contributed by atoms with Gasteiger partial charge in [0.1, 0.15) is 17.4 Å². The van der Waals surface area contributed by atoms with Crippen LogP contribution in [-0.4, -0.2) is 52.7 Å². The van der Waals surface area contributed by atoms with Crippen molar-refractivity contribution >= 4 is 27.5 Å². The van der Waals surface area contributed by atoms with Crippen LogP contribution in [0.4, 0.5) is 5.69 Å². The molecule has 1 N–H and O–H groups in total. The van der Waals surface area contributed by atoms with Crippen LogP contribution in [0.5, 0.6) is 11.5 Å². The minimum Gasteiger partial charge on any atom is -0.494 e. The van der Waals surface area contributed by atoms with E-state index in [9.17, 15) is 18.0 Å². The number of rotatable bonds is 15. The Morgan fingerprint density at radius 2 is 1.72 bits per heavy atom. The molecule has 0 bridgehead atoms. The Labute approximate surface area is 214 Å². The fourth-order valence-electron chi connectivity index (χ4n) is 4.04. The molecule has 0 aliphatic carbocycles. The van der Waals surface area contributed by atoms with E-state index in [2.05, 4.69) is 12.2 Å². The van der Waals surface area contributed by atoms with Crippen molar-refractivity contribution in [3.05, 3.63) is 53.6 Å². The molecule has 9 heteroatoms. The molecule has 1 aliphatic rings. The fourth-order valence-corrected chi connectivity index (χ4v) is 4.99. The van der Waals surface area contributed by atoms with Crippen molar-refractivity contribution < 1.29 is 27.5 Å². The topological polar surface area (TPSA) is 102 Å². The summed E-state index contributed by atoms with van der Waals surface area (Å²) in [6.45, 7) is 6.91. The molecule has 1 aliphatic heterocycles. The van der Waals surface area contributed by atoms with Crippen molar-refractivity contribution in [3.63, 3.8) is 0 Å². The normalized spacial score (nSPS) is 14.9. The maximum Gasteiger partial charge on any atom is 0.326 e. The maximum absolute atomic E-state index is 13.3. The van der Waals surface area contributed by atoms with Crippen LogP contribution in [0.25, 0.3) is 0 Å². The van der Waals surface area contributed by atoms with Crippen LogP contribution in [0.2, 0.25) is 0 Å². The van der Waals surface area contributed by atoms with E-state index < -0.39 is 27.7 Å². The van der Waals surface area contributed by atoms with Crippen LogP contribution in [0.15, 0.2) is 42.5 Å². The number of hydrogen-bond donors (Lipinski definition) is 1. The number of unbranched alkanes of at least 4 members (excludes halogenated alkanes) is 2. The summed E-state index contributed by atoms with van der Waals surface area (Å²) in [6, 6.07) is 11.4. The lowest BCUT2D eigenvalue weighted by molar-refractivity contribution is -0.132. The molecule has 0 aromatic heterocycles. The van der Waals surface area contributed by atoms with Crippen molar-refractivity contribution in [1.29, 1.82) is 0 Å². The SMILES string of the molecule is CCCCNCCCOc1ccc(C(=O)C2C(=O)Oc3ccc(N(CCCC)S(C)(=O)=O)cc32)cc1. The van der Waals surface area contributed by atoms with Gasteiger partial charge in [0.2, 0.25) is 10.0 Å². The summed E-state index contributed by atoms with van der Waals surface area (Å²) >= 11 is 0. The Morgan fingerprint density at radius 1 is 1.03 bits per heavy atom. The van der Waals surface area contributed by atoms with Crippen molar-refractivity contribution in [1.82, 2.24) is 5.32 Å². The first-order valence-electron chi connectivity index (χ1n) is 12.6. The van der Waals surface area contributed by atoms with Gasteiger partial charge >= 0.3 is 5.97 Å². The molecule has 36 heavy (non-hydrogen) atoms. The summed E-state index contributed by atoms with van der Waals surface area (Å²) < 4.78 is 37.1. The van der Waals surface area contributed by atoms with Crippen molar-refractivity contribution in [2.45, 2.75) is 51.9 Å². The fraction of sp³-hybridized carbons (Fsp3) is 0.481. The number of nitrogens with zero attached hydrogens (tertiary/aromatic N) is 1. The number of Topliss-reactive ketones (excluding diaryl/α,β-unsaturated/α-hetero) is 1. The highest BCUT2D eigenvalue weighted by Crippen LogP contribution is 2.40. The predicted octanol–water partition coefficient (Wildman–Crippen LogP) is 4.30. The molecule has 8 nitrogen and oxygen atoms in total. The Hall–Kier alpha value is -2.91. The number of fused-ring (bicyclic) bond motifs is 1. The van der Waals surface area contributed by atoms with Gasteiger partial charge in [-0.05, 0) is 74.8 Å². The average Bonchev–Trinajstić information content (AvgIpc) is 3.18. The molecule has 1 atom stereocenters. The molecule has 1 heterocycles. The quantitative estimate of drug-likeness (QED) is 0.124. The summed E-state index contributed by atoms with van der Waals surface area (Å²) in [5.74, 6) is -1.28. The second kappa shape index (κ2) is 12.9. The van der Waals surface area contributed by atoms with Crippen molar-refractivity contribution in [2.75, 3.05) is 36.8 Å². The highest BCUT2D eigenvalue weighted by atomic mass is 32.2. The molecule has 2 aromatic carbocycles. The van der Waals surface area contributed by atoms with E-state index in [0.717, 1.165) is 45.0 Å². The summed E-state index contributed by atoms with van der Waals surface area (Å²) in [5, 5.41) is 3.36. The lowest BCUT2D eigenvalue weighted by Gasteiger charge is -2.23. The largest absolute Gasteiger partial charge is 0.494 e. The molecule has 0 saturated carbocycles. The van der Waals surface area contributed by atoms with E-state index in [1.807, 2.05) is 6.92 Å². The van der Waals surface area contributed by atoms with Gasteiger partial charge in [-0.15, -0.1) is 0 Å². The number of hydrogen-bond acceptors (Lipinski definition) is 7. The van der Waals surface area contributed by atoms with Gasteiger partial charge < -0.3 is 14.8 Å². The van der Waals surface area contributed by atoms with Crippen LogP contribution in [0.1, 0.15) is 67.8 Å².